The molecule has 38 heavy (non-hydrogen) atoms. The molecule has 3 aromatic rings. The van der Waals surface area contributed by atoms with Crippen LogP contribution in [-0.2, 0) is 4.74 Å². The Bertz CT molecular complexity index is 1280. The van der Waals surface area contributed by atoms with Crippen molar-refractivity contribution in [2.75, 3.05) is 61.1 Å². The van der Waals surface area contributed by atoms with Crippen LogP contribution in [0.2, 0.25) is 0 Å². The number of morpholine rings is 1. The van der Waals surface area contributed by atoms with Crippen molar-refractivity contribution in [2.45, 2.75) is 31.6 Å². The largest absolute Gasteiger partial charge is 0.401 e. The highest BCUT2D eigenvalue weighted by Crippen LogP contribution is 2.38. The zero-order valence-corrected chi connectivity index (χ0v) is 21.2. The van der Waals surface area contributed by atoms with Gasteiger partial charge < -0.3 is 19.9 Å². The minimum absolute atomic E-state index is 0.0487. The number of rotatable bonds is 6. The van der Waals surface area contributed by atoms with Crippen molar-refractivity contribution in [3.05, 3.63) is 54.4 Å². The molecule has 3 aliphatic heterocycles. The fraction of sp³-hybridized carbons (Fsp3) is 0.444. The third-order valence-electron chi connectivity index (χ3n) is 7.53. The number of aryl methyl sites for hydroxylation is 1. The lowest BCUT2D eigenvalue weighted by Crippen LogP contribution is -2.49. The van der Waals surface area contributed by atoms with Gasteiger partial charge in [0.1, 0.15) is 5.82 Å². The van der Waals surface area contributed by atoms with Crippen molar-refractivity contribution in [3.63, 3.8) is 0 Å². The summed E-state index contributed by atoms with van der Waals surface area (Å²) < 4.78 is 44.0. The van der Waals surface area contributed by atoms with Crippen LogP contribution in [0, 0.1) is 6.92 Å². The van der Waals surface area contributed by atoms with E-state index in [1.54, 1.807) is 11.1 Å². The number of benzene rings is 1. The van der Waals surface area contributed by atoms with Crippen molar-refractivity contribution < 1.29 is 17.9 Å². The number of nitrogens with zero attached hydrogens (tertiary/aromatic N) is 6. The lowest BCUT2D eigenvalue weighted by molar-refractivity contribution is -0.148. The van der Waals surface area contributed by atoms with Crippen molar-refractivity contribution in [3.8, 4) is 11.3 Å². The summed E-state index contributed by atoms with van der Waals surface area (Å²) in [7, 11) is 0. The number of fused-ring (bicyclic) bond motifs is 2. The van der Waals surface area contributed by atoms with E-state index < -0.39 is 12.7 Å². The average Bonchev–Trinajstić information content (AvgIpc) is 3.49. The van der Waals surface area contributed by atoms with Gasteiger partial charge in [-0.15, -0.1) is 0 Å². The van der Waals surface area contributed by atoms with E-state index in [4.69, 9.17) is 4.74 Å². The first-order valence-corrected chi connectivity index (χ1v) is 12.9. The summed E-state index contributed by atoms with van der Waals surface area (Å²) in [5.41, 5.74) is 4.66. The third kappa shape index (κ3) is 5.25. The van der Waals surface area contributed by atoms with Gasteiger partial charge in [0.2, 0.25) is 5.95 Å². The normalized spacial score (nSPS) is 21.8. The summed E-state index contributed by atoms with van der Waals surface area (Å²) in [6.45, 7) is 5.37. The first kappa shape index (κ1) is 24.9. The summed E-state index contributed by atoms with van der Waals surface area (Å²) >= 11 is 0. The molecule has 2 atom stereocenters. The molecule has 11 heteroatoms. The van der Waals surface area contributed by atoms with Gasteiger partial charge in [0.25, 0.3) is 0 Å². The third-order valence-corrected chi connectivity index (χ3v) is 7.53. The Labute approximate surface area is 219 Å². The lowest BCUT2D eigenvalue weighted by atomic mass is 10.1. The van der Waals surface area contributed by atoms with Crippen molar-refractivity contribution in [1.29, 1.82) is 0 Å². The Kier molecular flexibility index (Phi) is 6.56. The van der Waals surface area contributed by atoms with E-state index in [-0.39, 0.29) is 12.1 Å². The van der Waals surface area contributed by atoms with Crippen LogP contribution in [0.25, 0.3) is 11.3 Å². The predicted octanol–water partition coefficient (Wildman–Crippen LogP) is 4.25. The van der Waals surface area contributed by atoms with Crippen molar-refractivity contribution in [2.24, 2.45) is 0 Å². The van der Waals surface area contributed by atoms with Gasteiger partial charge in [-0.25, -0.2) is 15.0 Å². The molecule has 0 saturated carbocycles. The maximum atomic E-state index is 12.9. The molecule has 8 nitrogen and oxygen atoms in total. The fourth-order valence-electron chi connectivity index (χ4n) is 5.75. The zero-order valence-electron chi connectivity index (χ0n) is 21.2. The van der Waals surface area contributed by atoms with Crippen molar-refractivity contribution >= 4 is 23.1 Å². The Morgan fingerprint density at radius 2 is 1.87 bits per heavy atom. The number of likely N-dealkylation sites (tertiary alicyclic amines) is 1. The molecule has 0 amide bonds. The van der Waals surface area contributed by atoms with Gasteiger partial charge in [0, 0.05) is 67.6 Å². The van der Waals surface area contributed by atoms with Gasteiger partial charge in [-0.3, -0.25) is 4.90 Å². The minimum Gasteiger partial charge on any atom is -0.378 e. The van der Waals surface area contributed by atoms with E-state index in [2.05, 4.69) is 30.1 Å². The number of aromatic nitrogens is 3. The maximum absolute atomic E-state index is 12.9. The maximum Gasteiger partial charge on any atom is 0.401 e. The number of pyridine rings is 1. The molecule has 200 valence electrons. The Morgan fingerprint density at radius 3 is 2.55 bits per heavy atom. The molecular formula is C27H30F3N7O. The van der Waals surface area contributed by atoms with Gasteiger partial charge in [0.15, 0.2) is 0 Å². The van der Waals surface area contributed by atoms with Crippen molar-refractivity contribution in [1.82, 2.24) is 19.9 Å². The van der Waals surface area contributed by atoms with Crippen LogP contribution in [0.4, 0.5) is 36.3 Å². The van der Waals surface area contributed by atoms with Gasteiger partial charge >= 0.3 is 6.18 Å². The molecule has 3 saturated heterocycles. The van der Waals surface area contributed by atoms with Crippen LogP contribution >= 0.6 is 0 Å². The highest BCUT2D eigenvalue weighted by molar-refractivity contribution is 5.66. The summed E-state index contributed by atoms with van der Waals surface area (Å²) in [4.78, 5) is 19.7. The molecule has 2 aromatic heterocycles. The monoisotopic (exact) mass is 525 g/mol. The van der Waals surface area contributed by atoms with Crippen LogP contribution in [0.3, 0.4) is 0 Å². The molecule has 5 heterocycles. The Balaban J connectivity index is 1.11. The molecule has 3 aliphatic rings. The quantitative estimate of drug-likeness (QED) is 0.512. The number of nitrogens with one attached hydrogen (secondary N) is 1. The average molecular weight is 526 g/mol. The van der Waals surface area contributed by atoms with Gasteiger partial charge in [-0.05, 0) is 55.3 Å². The van der Waals surface area contributed by atoms with Crippen LogP contribution in [0.15, 0.2) is 48.8 Å². The molecular weight excluding hydrogens is 495 g/mol. The van der Waals surface area contributed by atoms with E-state index in [0.29, 0.717) is 32.3 Å². The summed E-state index contributed by atoms with van der Waals surface area (Å²) in [6.07, 6.45) is 0.171. The van der Waals surface area contributed by atoms with Crippen LogP contribution in [0.1, 0.15) is 12.0 Å². The topological polar surface area (TPSA) is 69.6 Å². The summed E-state index contributed by atoms with van der Waals surface area (Å²) in [5.74, 6) is 1.41. The number of halogens is 3. The van der Waals surface area contributed by atoms with Gasteiger partial charge in [-0.1, -0.05) is 0 Å². The van der Waals surface area contributed by atoms with E-state index in [1.165, 1.54) is 0 Å². The van der Waals surface area contributed by atoms with E-state index in [0.717, 1.165) is 53.5 Å². The van der Waals surface area contributed by atoms with Gasteiger partial charge in [-0.2, -0.15) is 13.2 Å². The van der Waals surface area contributed by atoms with Crippen LogP contribution in [0.5, 0.6) is 0 Å². The molecule has 2 unspecified atom stereocenters. The standard InChI is InChI=1S/C27H30F3N7O/c1-18-12-20(3-4-24(18)37-16-21-13-22(37)15-36(21)17-27(28,29)30)33-26-31-7-6-23(34-26)19-2-5-25(32-14-19)35-8-10-38-11-9-35/h2-7,12,14,21-22H,8-11,13,15-17H2,1H3,(H,31,33,34). The first-order chi connectivity index (χ1) is 18.3. The second-order valence-electron chi connectivity index (χ2n) is 10.1. The highest BCUT2D eigenvalue weighted by Gasteiger charge is 2.47. The SMILES string of the molecule is Cc1cc(Nc2nccc(-c3ccc(N4CCOCC4)nc3)n2)ccc1N1CC2CC1CN2CC(F)(F)F. The number of hydrogen-bond acceptors (Lipinski definition) is 8. The number of alkyl halides is 3. The number of ether oxygens (including phenoxy) is 1. The molecule has 0 spiro atoms. The molecule has 1 N–H and O–H groups in total. The molecule has 0 radical (unpaired) electrons. The van der Waals surface area contributed by atoms with E-state index in [9.17, 15) is 13.2 Å². The summed E-state index contributed by atoms with van der Waals surface area (Å²) in [5, 5.41) is 3.29. The molecule has 0 aliphatic carbocycles. The Morgan fingerprint density at radius 1 is 1.03 bits per heavy atom. The minimum atomic E-state index is -4.15. The lowest BCUT2D eigenvalue weighted by Gasteiger charge is -2.36. The first-order valence-electron chi connectivity index (χ1n) is 12.9. The molecule has 2 bridgehead atoms. The van der Waals surface area contributed by atoms with Crippen LogP contribution < -0.4 is 15.1 Å². The van der Waals surface area contributed by atoms with Gasteiger partial charge in [0.05, 0.1) is 25.5 Å². The smallest absolute Gasteiger partial charge is 0.378 e. The second-order valence-corrected chi connectivity index (χ2v) is 10.1. The second kappa shape index (κ2) is 10.0. The number of anilines is 4. The van der Waals surface area contributed by atoms with E-state index in [1.807, 2.05) is 49.5 Å². The zero-order chi connectivity index (χ0) is 26.3. The van der Waals surface area contributed by atoms with Crippen LogP contribution in [-0.4, -0.2) is 84.0 Å². The predicted molar refractivity (Wildman–Crippen MR) is 140 cm³/mol. The highest BCUT2D eigenvalue weighted by atomic mass is 19.4. The molecule has 3 fully saturated rings. The number of piperazine rings is 1. The number of hydrogen-bond donors (Lipinski definition) is 1. The fourth-order valence-corrected chi connectivity index (χ4v) is 5.75. The van der Waals surface area contributed by atoms with E-state index >= 15 is 0 Å². The summed E-state index contributed by atoms with van der Waals surface area (Å²) in [6, 6.07) is 12.0. The molecule has 1 aromatic carbocycles. The Hall–Kier alpha value is -3.44. The molecule has 6 rings (SSSR count).